The first-order valence-corrected chi connectivity index (χ1v) is 11.6. The fourth-order valence-corrected chi connectivity index (χ4v) is 4.38. The number of amides is 2. The summed E-state index contributed by atoms with van der Waals surface area (Å²) in [7, 11) is 0. The van der Waals surface area contributed by atoms with Gasteiger partial charge in [0.15, 0.2) is 5.75 Å². The molecule has 1 fully saturated rings. The highest BCUT2D eigenvalue weighted by atomic mass is 19.4. The summed E-state index contributed by atoms with van der Waals surface area (Å²) in [5.74, 6) is 1.21. The van der Waals surface area contributed by atoms with Crippen LogP contribution in [0.25, 0.3) is 0 Å². The molecule has 9 heteroatoms. The lowest BCUT2D eigenvalue weighted by Crippen LogP contribution is -2.48. The van der Waals surface area contributed by atoms with Gasteiger partial charge in [0.05, 0.1) is 17.0 Å². The van der Waals surface area contributed by atoms with Crippen LogP contribution in [0.4, 0.5) is 23.7 Å². The zero-order valence-corrected chi connectivity index (χ0v) is 19.3. The largest absolute Gasteiger partial charge is 0.455 e. The molecule has 5 rings (SSSR count). The van der Waals surface area contributed by atoms with Crippen molar-refractivity contribution in [1.29, 1.82) is 0 Å². The molecule has 2 aliphatic rings. The average molecular weight is 496 g/mol. The number of para-hydroxylation sites is 3. The normalized spacial score (nSPS) is 16.9. The van der Waals surface area contributed by atoms with Crippen LogP contribution in [-0.2, 0) is 11.0 Å². The van der Waals surface area contributed by atoms with Crippen molar-refractivity contribution < 1.29 is 27.5 Å². The van der Waals surface area contributed by atoms with Gasteiger partial charge in [-0.25, -0.2) is 4.79 Å². The summed E-state index contributed by atoms with van der Waals surface area (Å²) >= 11 is 0. The fourth-order valence-electron chi connectivity index (χ4n) is 4.38. The molecule has 3 aromatic carbocycles. The minimum absolute atomic E-state index is 0.240. The Balaban J connectivity index is 1.17. The van der Waals surface area contributed by atoms with E-state index in [2.05, 4.69) is 10.5 Å². The van der Waals surface area contributed by atoms with Crippen LogP contribution >= 0.6 is 0 Å². The van der Waals surface area contributed by atoms with E-state index in [1.54, 1.807) is 17.0 Å². The van der Waals surface area contributed by atoms with Gasteiger partial charge in [0.2, 0.25) is 0 Å². The summed E-state index contributed by atoms with van der Waals surface area (Å²) in [6, 6.07) is 21.3. The maximum absolute atomic E-state index is 13.0. The molecule has 0 unspecified atom stereocenters. The first-order chi connectivity index (χ1) is 17.3. The van der Waals surface area contributed by atoms with Gasteiger partial charge in [-0.1, -0.05) is 47.6 Å². The molecule has 6 nitrogen and oxygen atoms in total. The predicted octanol–water partition coefficient (Wildman–Crippen LogP) is 6.69. The highest BCUT2D eigenvalue weighted by Gasteiger charge is 2.43. The number of urea groups is 1. The van der Waals surface area contributed by atoms with Crippen molar-refractivity contribution in [1.82, 2.24) is 4.90 Å². The van der Waals surface area contributed by atoms with Crippen LogP contribution in [0.5, 0.6) is 11.5 Å². The second-order valence-corrected chi connectivity index (χ2v) is 8.89. The van der Waals surface area contributed by atoms with Gasteiger partial charge in [0.25, 0.3) is 0 Å². The van der Waals surface area contributed by atoms with Crippen LogP contribution in [-0.4, -0.2) is 35.3 Å². The number of carbonyl (C=O) groups is 1. The molecule has 0 saturated carbocycles. The molecule has 0 atom stereocenters. The Morgan fingerprint density at radius 3 is 2.31 bits per heavy atom. The van der Waals surface area contributed by atoms with Gasteiger partial charge in [0.1, 0.15) is 11.4 Å². The Labute approximate surface area is 206 Å². The molecule has 0 aliphatic carbocycles. The van der Waals surface area contributed by atoms with Crippen LogP contribution in [0.1, 0.15) is 30.4 Å². The number of nitrogens with one attached hydrogen (secondary N) is 1. The number of nitrogens with zero attached hydrogens (tertiary/aromatic N) is 2. The number of oxime groups is 1. The number of alkyl halides is 3. The standard InChI is InChI=1S/C27H24F3N3O3/c28-27(29,30)20-12-10-19(11-13-20)23-18-26(36-32-23)14-16-33(17-15-26)25(34)31-22-8-4-5-9-24(22)35-21-6-2-1-3-7-21/h1-13H,14-18H2,(H,31,34). The Bertz CT molecular complexity index is 1250. The Hall–Kier alpha value is -4.01. The van der Waals surface area contributed by atoms with E-state index >= 15 is 0 Å². The minimum Gasteiger partial charge on any atom is -0.455 e. The third-order valence-electron chi connectivity index (χ3n) is 6.45. The topological polar surface area (TPSA) is 63.2 Å². The molecule has 2 aliphatic heterocycles. The zero-order chi connectivity index (χ0) is 25.2. The number of halogens is 3. The highest BCUT2D eigenvalue weighted by Crippen LogP contribution is 2.37. The molecule has 0 bridgehead atoms. The SMILES string of the molecule is O=C(Nc1ccccc1Oc1ccccc1)N1CCC2(CC1)CC(c1ccc(C(F)(F)F)cc1)=NO2. The predicted molar refractivity (Wildman–Crippen MR) is 129 cm³/mol. The summed E-state index contributed by atoms with van der Waals surface area (Å²) in [5.41, 5.74) is 0.541. The van der Waals surface area contributed by atoms with E-state index in [0.29, 0.717) is 60.8 Å². The van der Waals surface area contributed by atoms with Crippen LogP contribution < -0.4 is 10.1 Å². The Morgan fingerprint density at radius 1 is 0.944 bits per heavy atom. The van der Waals surface area contributed by atoms with Crippen LogP contribution in [0.3, 0.4) is 0 Å². The van der Waals surface area contributed by atoms with E-state index in [1.807, 2.05) is 42.5 Å². The Kier molecular flexibility index (Phi) is 6.30. The zero-order valence-electron chi connectivity index (χ0n) is 19.3. The quantitative estimate of drug-likeness (QED) is 0.439. The maximum atomic E-state index is 13.0. The van der Waals surface area contributed by atoms with Crippen molar-refractivity contribution in [2.75, 3.05) is 18.4 Å². The molecule has 1 spiro atoms. The van der Waals surface area contributed by atoms with Crippen LogP contribution in [0.2, 0.25) is 0 Å². The van der Waals surface area contributed by atoms with E-state index in [1.165, 1.54) is 12.1 Å². The third-order valence-corrected chi connectivity index (χ3v) is 6.45. The summed E-state index contributed by atoms with van der Waals surface area (Å²) in [5, 5.41) is 7.10. The van der Waals surface area contributed by atoms with E-state index in [-0.39, 0.29) is 6.03 Å². The van der Waals surface area contributed by atoms with Gasteiger partial charge >= 0.3 is 12.2 Å². The van der Waals surface area contributed by atoms with Crippen molar-refractivity contribution in [2.24, 2.45) is 5.16 Å². The van der Waals surface area contributed by atoms with Gasteiger partial charge < -0.3 is 19.8 Å². The van der Waals surface area contributed by atoms with E-state index in [0.717, 1.165) is 12.1 Å². The summed E-state index contributed by atoms with van der Waals surface area (Å²) in [4.78, 5) is 20.4. The van der Waals surface area contributed by atoms with Gasteiger partial charge in [-0.05, 0) is 42.0 Å². The average Bonchev–Trinajstić information content (AvgIpc) is 3.29. The monoisotopic (exact) mass is 495 g/mol. The fraction of sp³-hybridized carbons (Fsp3) is 0.259. The highest BCUT2D eigenvalue weighted by molar-refractivity contribution is 6.01. The molecule has 3 aromatic rings. The number of anilines is 1. The first kappa shape index (κ1) is 23.7. The van der Waals surface area contributed by atoms with Crippen molar-refractivity contribution in [3.05, 3.63) is 90.0 Å². The smallest absolute Gasteiger partial charge is 0.416 e. The summed E-state index contributed by atoms with van der Waals surface area (Å²) in [6.45, 7) is 0.923. The lowest BCUT2D eigenvalue weighted by molar-refractivity contribution is -0.137. The molecule has 36 heavy (non-hydrogen) atoms. The van der Waals surface area contributed by atoms with Gasteiger partial charge in [-0.3, -0.25) is 0 Å². The number of piperidine rings is 1. The number of benzene rings is 3. The lowest BCUT2D eigenvalue weighted by Gasteiger charge is -2.37. The summed E-state index contributed by atoms with van der Waals surface area (Å²) < 4.78 is 44.5. The third kappa shape index (κ3) is 5.15. The van der Waals surface area contributed by atoms with Crippen molar-refractivity contribution in [3.8, 4) is 11.5 Å². The van der Waals surface area contributed by atoms with Crippen molar-refractivity contribution in [2.45, 2.75) is 31.0 Å². The van der Waals surface area contributed by atoms with E-state index in [9.17, 15) is 18.0 Å². The molecular weight excluding hydrogens is 471 g/mol. The molecule has 0 radical (unpaired) electrons. The molecule has 186 valence electrons. The molecule has 1 N–H and O–H groups in total. The molecule has 2 heterocycles. The molecule has 2 amide bonds. The van der Waals surface area contributed by atoms with Gasteiger partial charge in [-0.15, -0.1) is 0 Å². The minimum atomic E-state index is -4.38. The second kappa shape index (κ2) is 9.56. The van der Waals surface area contributed by atoms with Crippen molar-refractivity contribution in [3.63, 3.8) is 0 Å². The van der Waals surface area contributed by atoms with Gasteiger partial charge in [0, 0.05) is 32.4 Å². The van der Waals surface area contributed by atoms with Crippen LogP contribution in [0, 0.1) is 0 Å². The van der Waals surface area contributed by atoms with E-state index in [4.69, 9.17) is 9.57 Å². The number of hydrogen-bond acceptors (Lipinski definition) is 4. The second-order valence-electron chi connectivity index (χ2n) is 8.89. The number of hydrogen-bond donors (Lipinski definition) is 1. The Morgan fingerprint density at radius 2 is 1.61 bits per heavy atom. The van der Waals surface area contributed by atoms with Crippen LogP contribution in [0.15, 0.2) is 84.0 Å². The lowest BCUT2D eigenvalue weighted by atomic mass is 9.85. The van der Waals surface area contributed by atoms with Crippen molar-refractivity contribution >= 4 is 17.4 Å². The number of rotatable bonds is 4. The maximum Gasteiger partial charge on any atom is 0.416 e. The van der Waals surface area contributed by atoms with Gasteiger partial charge in [-0.2, -0.15) is 13.2 Å². The number of ether oxygens (including phenoxy) is 1. The number of carbonyl (C=O) groups excluding carboxylic acids is 1. The molecule has 1 saturated heterocycles. The van der Waals surface area contributed by atoms with E-state index < -0.39 is 17.3 Å². The molecule has 0 aromatic heterocycles. The summed E-state index contributed by atoms with van der Waals surface area (Å²) in [6.07, 6.45) is -2.76. The molecular formula is C27H24F3N3O3. The number of likely N-dealkylation sites (tertiary alicyclic amines) is 1. The first-order valence-electron chi connectivity index (χ1n) is 11.6.